The zero-order valence-electron chi connectivity index (χ0n) is 29.7. The van der Waals surface area contributed by atoms with Crippen molar-refractivity contribution in [3.8, 4) is 11.5 Å². The number of sulfonamides is 2. The van der Waals surface area contributed by atoms with Gasteiger partial charge in [-0.05, 0) is 71.8 Å². The second-order valence-electron chi connectivity index (χ2n) is 12.9. The molecule has 0 fully saturated rings. The Morgan fingerprint density at radius 1 is 0.630 bits per heavy atom. The van der Waals surface area contributed by atoms with Crippen LogP contribution in [0.25, 0.3) is 21.8 Å². The SMILES string of the molecule is COc1c(S(=O)(=O)NCc2ccc(Cl)cc2)cc(Cl)c2ccc(C(C)(C)C)nc12.COc1c(S(=O)(=O)NCc2ccc(Cl)cc2)cc(Cl)c2cccnc12. The second kappa shape index (κ2) is 17.0. The molecule has 2 N–H and O–H groups in total. The molecule has 0 radical (unpaired) electrons. The van der Waals surface area contributed by atoms with Crippen LogP contribution in [0.2, 0.25) is 20.1 Å². The molecule has 16 heteroatoms. The summed E-state index contributed by atoms with van der Waals surface area (Å²) < 4.78 is 67.5. The van der Waals surface area contributed by atoms with Gasteiger partial charge in [-0.1, -0.05) is 91.4 Å². The van der Waals surface area contributed by atoms with Crippen molar-refractivity contribution in [3.63, 3.8) is 0 Å². The number of fused-ring (bicyclic) bond motifs is 2. The number of nitrogens with one attached hydrogen (secondary N) is 2. The minimum atomic E-state index is -3.91. The van der Waals surface area contributed by atoms with Crippen LogP contribution >= 0.6 is 46.4 Å². The molecule has 54 heavy (non-hydrogen) atoms. The van der Waals surface area contributed by atoms with Gasteiger partial charge in [0.05, 0.1) is 24.3 Å². The summed E-state index contributed by atoms with van der Waals surface area (Å²) >= 11 is 24.3. The normalized spacial score (nSPS) is 12.0. The molecule has 0 amide bonds. The molecule has 0 aliphatic heterocycles. The lowest BCUT2D eigenvalue weighted by atomic mass is 9.91. The van der Waals surface area contributed by atoms with Crippen molar-refractivity contribution in [3.05, 3.63) is 128 Å². The standard InChI is InChI=1S/C21H22Cl2N2O3S.C17H14Cl2N2O3S/c1-21(2,3)18-10-9-15-16(23)11-17(20(28-4)19(15)25-18)29(26,27)24-12-13-5-7-14(22)8-6-13;1-24-17-15(9-14(19)13-3-2-8-20-16(13)17)25(22,23)21-10-11-4-6-12(18)7-5-11/h5-11,24H,12H2,1-4H3;2-9,21H,10H2,1H3. The average Bonchev–Trinajstić information content (AvgIpc) is 3.14. The highest BCUT2D eigenvalue weighted by Crippen LogP contribution is 2.39. The van der Waals surface area contributed by atoms with E-state index in [2.05, 4.69) is 19.4 Å². The van der Waals surface area contributed by atoms with Crippen molar-refractivity contribution >= 4 is 88.3 Å². The second-order valence-corrected chi connectivity index (χ2v) is 18.1. The van der Waals surface area contributed by atoms with Crippen molar-refractivity contribution in [1.29, 1.82) is 0 Å². The van der Waals surface area contributed by atoms with Crippen molar-refractivity contribution < 1.29 is 26.3 Å². The van der Waals surface area contributed by atoms with Gasteiger partial charge in [-0.15, -0.1) is 0 Å². The summed E-state index contributed by atoms with van der Waals surface area (Å²) in [4.78, 5) is 8.76. The maximum Gasteiger partial charge on any atom is 0.244 e. The first-order valence-electron chi connectivity index (χ1n) is 16.2. The summed E-state index contributed by atoms with van der Waals surface area (Å²) in [7, 11) is -4.94. The fraction of sp³-hybridized carbons (Fsp3) is 0.211. The average molecular weight is 851 g/mol. The number of benzene rings is 4. The lowest BCUT2D eigenvalue weighted by molar-refractivity contribution is 0.406. The molecule has 4 aromatic carbocycles. The Hall–Kier alpha value is -3.72. The van der Waals surface area contributed by atoms with Crippen LogP contribution in [0, 0.1) is 0 Å². The largest absolute Gasteiger partial charge is 0.493 e. The van der Waals surface area contributed by atoms with E-state index in [1.54, 1.807) is 66.9 Å². The molecule has 0 aliphatic rings. The lowest BCUT2D eigenvalue weighted by Gasteiger charge is -2.20. The predicted octanol–water partition coefficient (Wildman–Crippen LogP) is 9.35. The number of hydrogen-bond donors (Lipinski definition) is 2. The van der Waals surface area contributed by atoms with Gasteiger partial charge in [0.15, 0.2) is 11.5 Å². The molecular weight excluding hydrogens is 814 g/mol. The molecular formula is C38H36Cl4N4O6S2. The van der Waals surface area contributed by atoms with Crippen molar-refractivity contribution in [2.75, 3.05) is 14.2 Å². The van der Waals surface area contributed by atoms with Gasteiger partial charge in [0, 0.05) is 51.2 Å². The number of rotatable bonds is 10. The van der Waals surface area contributed by atoms with Crippen LogP contribution in [0.4, 0.5) is 0 Å². The Bertz CT molecular complexity index is 2530. The number of methoxy groups -OCH3 is 2. The van der Waals surface area contributed by atoms with E-state index in [1.807, 2.05) is 32.9 Å². The summed E-state index contributed by atoms with van der Waals surface area (Å²) in [6.45, 7) is 6.31. The molecule has 0 saturated heterocycles. The van der Waals surface area contributed by atoms with Gasteiger partial charge in [-0.2, -0.15) is 0 Å². The first-order valence-corrected chi connectivity index (χ1v) is 20.7. The number of nitrogens with zero attached hydrogens (tertiary/aromatic N) is 2. The third-order valence-electron chi connectivity index (χ3n) is 8.13. The number of pyridine rings is 2. The van der Waals surface area contributed by atoms with Crippen LogP contribution < -0.4 is 18.9 Å². The van der Waals surface area contributed by atoms with Crippen molar-refractivity contribution in [2.45, 2.75) is 49.1 Å². The molecule has 0 bridgehead atoms. The monoisotopic (exact) mass is 848 g/mol. The highest BCUT2D eigenvalue weighted by atomic mass is 35.5. The third kappa shape index (κ3) is 9.55. The number of hydrogen-bond acceptors (Lipinski definition) is 8. The van der Waals surface area contributed by atoms with Gasteiger partial charge in [-0.3, -0.25) is 4.98 Å². The first kappa shape index (κ1) is 41.4. The summed E-state index contributed by atoms with van der Waals surface area (Å²) in [6, 6.07) is 23.8. The maximum absolute atomic E-state index is 13.0. The van der Waals surface area contributed by atoms with E-state index < -0.39 is 20.0 Å². The highest BCUT2D eigenvalue weighted by molar-refractivity contribution is 7.89. The lowest BCUT2D eigenvalue weighted by Crippen LogP contribution is -2.24. The van der Waals surface area contributed by atoms with E-state index in [9.17, 15) is 16.8 Å². The van der Waals surface area contributed by atoms with Gasteiger partial charge < -0.3 is 9.47 Å². The zero-order valence-corrected chi connectivity index (χ0v) is 34.4. The maximum atomic E-state index is 13.0. The summed E-state index contributed by atoms with van der Waals surface area (Å²) in [5.41, 5.74) is 2.95. The molecule has 6 aromatic rings. The van der Waals surface area contributed by atoms with Crippen LogP contribution in [0.5, 0.6) is 11.5 Å². The Morgan fingerprint density at radius 3 is 1.52 bits per heavy atom. The van der Waals surface area contributed by atoms with Gasteiger partial charge in [0.2, 0.25) is 20.0 Å². The van der Waals surface area contributed by atoms with Crippen LogP contribution in [-0.2, 0) is 38.6 Å². The molecule has 284 valence electrons. The Labute approximate surface area is 334 Å². The molecule has 10 nitrogen and oxygen atoms in total. The minimum Gasteiger partial charge on any atom is -0.493 e. The first-order chi connectivity index (χ1) is 25.4. The van der Waals surface area contributed by atoms with E-state index in [1.165, 1.54) is 26.4 Å². The summed E-state index contributed by atoms with van der Waals surface area (Å²) in [6.07, 6.45) is 1.55. The van der Waals surface area contributed by atoms with Gasteiger partial charge in [0.1, 0.15) is 20.8 Å². The van der Waals surface area contributed by atoms with Crippen LogP contribution in [0.3, 0.4) is 0 Å². The number of aromatic nitrogens is 2. The fourth-order valence-electron chi connectivity index (χ4n) is 5.28. The Morgan fingerprint density at radius 2 is 1.07 bits per heavy atom. The topological polar surface area (TPSA) is 137 Å². The van der Waals surface area contributed by atoms with Crippen LogP contribution in [0.15, 0.2) is 101 Å². The van der Waals surface area contributed by atoms with Crippen LogP contribution in [0.1, 0.15) is 37.6 Å². The van der Waals surface area contributed by atoms with E-state index in [0.29, 0.717) is 36.9 Å². The van der Waals surface area contributed by atoms with E-state index >= 15 is 0 Å². The van der Waals surface area contributed by atoms with Crippen molar-refractivity contribution in [2.24, 2.45) is 0 Å². The van der Waals surface area contributed by atoms with Crippen LogP contribution in [-0.4, -0.2) is 41.0 Å². The van der Waals surface area contributed by atoms with Crippen molar-refractivity contribution in [1.82, 2.24) is 19.4 Å². The molecule has 0 aliphatic carbocycles. The molecule has 2 heterocycles. The smallest absolute Gasteiger partial charge is 0.244 e. The zero-order chi connectivity index (χ0) is 39.4. The number of halogens is 4. The Kier molecular flexibility index (Phi) is 13.0. The van der Waals surface area contributed by atoms with Gasteiger partial charge >= 0.3 is 0 Å². The molecule has 0 spiro atoms. The highest BCUT2D eigenvalue weighted by Gasteiger charge is 2.26. The van der Waals surface area contributed by atoms with E-state index in [0.717, 1.165) is 16.8 Å². The predicted molar refractivity (Wildman–Crippen MR) is 216 cm³/mol. The number of ether oxygens (including phenoxy) is 2. The molecule has 2 aromatic heterocycles. The van der Waals surface area contributed by atoms with Gasteiger partial charge in [0.25, 0.3) is 0 Å². The molecule has 6 rings (SSSR count). The third-order valence-corrected chi connectivity index (χ3v) is 12.1. The quantitative estimate of drug-likeness (QED) is 0.139. The van der Waals surface area contributed by atoms with E-state index in [4.69, 9.17) is 55.9 Å². The molecule has 0 saturated carbocycles. The molecule has 0 atom stereocenters. The minimum absolute atomic E-state index is 0.0509. The summed E-state index contributed by atoms with van der Waals surface area (Å²) in [5, 5.41) is 3.00. The molecule has 0 unspecified atom stereocenters. The summed E-state index contributed by atoms with van der Waals surface area (Å²) in [5.74, 6) is 0.322. The van der Waals surface area contributed by atoms with E-state index in [-0.39, 0.29) is 44.8 Å². The Balaban J connectivity index is 0.000000210. The fourth-order valence-corrected chi connectivity index (χ4v) is 8.61. The van der Waals surface area contributed by atoms with Gasteiger partial charge in [-0.25, -0.2) is 31.3 Å².